The van der Waals surface area contributed by atoms with E-state index in [1.807, 2.05) is 10.9 Å². The third-order valence-corrected chi connectivity index (χ3v) is 2.59. The van der Waals surface area contributed by atoms with Gasteiger partial charge >= 0.3 is 0 Å². The van der Waals surface area contributed by atoms with Gasteiger partial charge in [0.15, 0.2) is 0 Å². The number of hydrogen-bond donors (Lipinski definition) is 1. The lowest BCUT2D eigenvalue weighted by Crippen LogP contribution is -2.11. The van der Waals surface area contributed by atoms with Crippen molar-refractivity contribution in [3.8, 4) is 0 Å². The van der Waals surface area contributed by atoms with Gasteiger partial charge in [0.1, 0.15) is 0 Å². The average molecular weight is 292 g/mol. The molecule has 1 N–H and O–H groups in total. The highest BCUT2D eigenvalue weighted by molar-refractivity contribution is 6.08. The highest BCUT2D eigenvalue weighted by Crippen LogP contribution is 2.04. The van der Waals surface area contributed by atoms with Crippen molar-refractivity contribution in [2.75, 3.05) is 6.54 Å². The molecule has 0 aliphatic rings. The SMILES string of the molecule is CC(C)C.[B]Cc1cn(CCCCCCCNC=O)nn1. The standard InChI is InChI=1S/C11H19BN4O.C4H10/c12-8-11-9-16(15-14-11)7-5-3-1-2-4-6-13-10-17;1-4(2)3/h9-10H,1-8H2,(H,13,17);4H,1-3H3. The Hall–Kier alpha value is -1.33. The smallest absolute Gasteiger partial charge is 0.207 e. The monoisotopic (exact) mass is 292 g/mol. The molecule has 0 spiro atoms. The van der Waals surface area contributed by atoms with E-state index < -0.39 is 0 Å². The molecule has 21 heavy (non-hydrogen) atoms. The Morgan fingerprint density at radius 2 is 1.86 bits per heavy atom. The van der Waals surface area contributed by atoms with E-state index in [1.54, 1.807) is 0 Å². The Kier molecular flexibility index (Phi) is 12.8. The van der Waals surface area contributed by atoms with Crippen molar-refractivity contribution in [1.82, 2.24) is 20.3 Å². The molecule has 0 aromatic carbocycles. The summed E-state index contributed by atoms with van der Waals surface area (Å²) in [5.74, 6) is 0.833. The fraction of sp³-hybridized carbons (Fsp3) is 0.800. The summed E-state index contributed by atoms with van der Waals surface area (Å²) >= 11 is 0. The van der Waals surface area contributed by atoms with Crippen molar-refractivity contribution in [3.05, 3.63) is 11.9 Å². The fourth-order valence-electron chi connectivity index (χ4n) is 1.63. The Morgan fingerprint density at radius 3 is 2.43 bits per heavy atom. The molecule has 0 saturated carbocycles. The molecule has 0 aliphatic heterocycles. The van der Waals surface area contributed by atoms with Gasteiger partial charge in [-0.05, 0) is 25.1 Å². The van der Waals surface area contributed by atoms with E-state index in [-0.39, 0.29) is 0 Å². The van der Waals surface area contributed by atoms with Crippen molar-refractivity contribution in [2.24, 2.45) is 5.92 Å². The molecular weight excluding hydrogens is 263 g/mol. The third kappa shape index (κ3) is 13.4. The second kappa shape index (κ2) is 13.6. The topological polar surface area (TPSA) is 59.8 Å². The van der Waals surface area contributed by atoms with E-state index in [0.717, 1.165) is 50.4 Å². The van der Waals surface area contributed by atoms with E-state index in [1.165, 1.54) is 12.8 Å². The third-order valence-electron chi connectivity index (χ3n) is 2.59. The Bertz CT molecular complexity index is 352. The predicted molar refractivity (Wildman–Crippen MR) is 87.1 cm³/mol. The molecule has 0 aliphatic carbocycles. The number of rotatable bonds is 10. The maximum absolute atomic E-state index is 9.99. The number of carbonyl (C=O) groups excluding carboxylic acids is 1. The lowest BCUT2D eigenvalue weighted by atomic mass is 10.0. The van der Waals surface area contributed by atoms with E-state index in [0.29, 0.717) is 6.32 Å². The van der Waals surface area contributed by atoms with Crippen LogP contribution in [0.1, 0.15) is 58.6 Å². The minimum atomic E-state index is 0.448. The van der Waals surface area contributed by atoms with E-state index in [9.17, 15) is 4.79 Å². The van der Waals surface area contributed by atoms with E-state index in [2.05, 4.69) is 36.4 Å². The molecular formula is C15H29BN4O. The first-order valence-electron chi connectivity index (χ1n) is 7.86. The fourth-order valence-corrected chi connectivity index (χ4v) is 1.63. The number of carbonyl (C=O) groups is 1. The van der Waals surface area contributed by atoms with Crippen molar-refractivity contribution >= 4 is 14.3 Å². The molecule has 0 atom stereocenters. The zero-order valence-corrected chi connectivity index (χ0v) is 13.7. The van der Waals surface area contributed by atoms with Gasteiger partial charge in [-0.2, -0.15) is 0 Å². The average Bonchev–Trinajstić information content (AvgIpc) is 2.89. The second-order valence-corrected chi connectivity index (χ2v) is 5.75. The van der Waals surface area contributed by atoms with Gasteiger partial charge < -0.3 is 5.32 Å². The lowest BCUT2D eigenvalue weighted by molar-refractivity contribution is -0.109. The van der Waals surface area contributed by atoms with Crippen LogP contribution in [0.2, 0.25) is 0 Å². The Labute approximate surface area is 130 Å². The molecule has 6 heteroatoms. The summed E-state index contributed by atoms with van der Waals surface area (Å²) in [4.78, 5) is 9.99. The first-order chi connectivity index (χ1) is 10.1. The molecule has 0 bridgehead atoms. The lowest BCUT2D eigenvalue weighted by Gasteiger charge is -2.01. The number of aryl methyl sites for hydroxylation is 1. The van der Waals surface area contributed by atoms with Crippen LogP contribution in [0.3, 0.4) is 0 Å². The maximum atomic E-state index is 9.99. The van der Waals surface area contributed by atoms with Gasteiger partial charge in [0.25, 0.3) is 0 Å². The molecule has 1 aromatic heterocycles. The molecule has 2 radical (unpaired) electrons. The van der Waals surface area contributed by atoms with Gasteiger partial charge in [0.05, 0.1) is 13.5 Å². The highest BCUT2D eigenvalue weighted by atomic mass is 16.1. The van der Waals surface area contributed by atoms with Crippen molar-refractivity contribution in [1.29, 1.82) is 0 Å². The van der Waals surface area contributed by atoms with Crippen LogP contribution in [0.15, 0.2) is 6.20 Å². The van der Waals surface area contributed by atoms with Crippen molar-refractivity contribution in [2.45, 2.75) is 65.7 Å². The van der Waals surface area contributed by atoms with Gasteiger partial charge in [-0.15, -0.1) is 5.10 Å². The summed E-state index contributed by atoms with van der Waals surface area (Å²) in [6.07, 6.45) is 8.79. The van der Waals surface area contributed by atoms with Crippen LogP contribution in [0.4, 0.5) is 0 Å². The normalized spacial score (nSPS) is 10.1. The van der Waals surface area contributed by atoms with Crippen LogP contribution < -0.4 is 5.32 Å². The summed E-state index contributed by atoms with van der Waals surface area (Å²) in [7, 11) is 5.45. The first-order valence-corrected chi connectivity index (χ1v) is 7.86. The van der Waals surface area contributed by atoms with Gasteiger partial charge in [0, 0.05) is 19.3 Å². The number of aromatic nitrogens is 3. The number of unbranched alkanes of at least 4 members (excludes halogenated alkanes) is 4. The highest BCUT2D eigenvalue weighted by Gasteiger charge is 1.97. The van der Waals surface area contributed by atoms with Crippen LogP contribution in [-0.2, 0) is 17.7 Å². The molecule has 1 heterocycles. The Morgan fingerprint density at radius 1 is 1.24 bits per heavy atom. The number of amides is 1. The van der Waals surface area contributed by atoms with Crippen molar-refractivity contribution in [3.63, 3.8) is 0 Å². The summed E-state index contributed by atoms with van der Waals surface area (Å²) in [6, 6.07) is 0. The van der Waals surface area contributed by atoms with Gasteiger partial charge in [-0.3, -0.25) is 9.48 Å². The minimum Gasteiger partial charge on any atom is -0.359 e. The van der Waals surface area contributed by atoms with Crippen LogP contribution in [0.5, 0.6) is 0 Å². The van der Waals surface area contributed by atoms with Crippen molar-refractivity contribution < 1.29 is 4.79 Å². The maximum Gasteiger partial charge on any atom is 0.207 e. The van der Waals surface area contributed by atoms with Gasteiger partial charge in [-0.25, -0.2) is 0 Å². The van der Waals surface area contributed by atoms with Crippen LogP contribution in [0.25, 0.3) is 0 Å². The summed E-state index contributed by atoms with van der Waals surface area (Å²) < 4.78 is 1.84. The quantitative estimate of drug-likeness (QED) is 0.409. The molecule has 5 nitrogen and oxygen atoms in total. The molecule has 0 fully saturated rings. The van der Waals surface area contributed by atoms with Crippen LogP contribution in [-0.4, -0.2) is 35.8 Å². The molecule has 1 amide bonds. The van der Waals surface area contributed by atoms with Gasteiger partial charge in [-0.1, -0.05) is 45.2 Å². The minimum absolute atomic E-state index is 0.448. The zero-order chi connectivity index (χ0) is 15.9. The summed E-state index contributed by atoms with van der Waals surface area (Å²) in [6.45, 7) is 8.19. The second-order valence-electron chi connectivity index (χ2n) is 5.75. The number of nitrogens with zero attached hydrogens (tertiary/aromatic N) is 3. The molecule has 0 saturated heterocycles. The predicted octanol–water partition coefficient (Wildman–Crippen LogP) is 2.31. The largest absolute Gasteiger partial charge is 0.359 e. The summed E-state index contributed by atoms with van der Waals surface area (Å²) in [5, 5.41) is 10.6. The number of nitrogens with one attached hydrogen (secondary N) is 1. The molecule has 1 aromatic rings. The summed E-state index contributed by atoms with van der Waals surface area (Å²) in [5.41, 5.74) is 0.838. The van der Waals surface area contributed by atoms with E-state index in [4.69, 9.17) is 7.85 Å². The van der Waals surface area contributed by atoms with Gasteiger partial charge in [0.2, 0.25) is 6.41 Å². The van der Waals surface area contributed by atoms with Crippen LogP contribution in [0, 0.1) is 5.92 Å². The van der Waals surface area contributed by atoms with Crippen LogP contribution >= 0.6 is 0 Å². The zero-order valence-electron chi connectivity index (χ0n) is 13.7. The molecule has 0 unspecified atom stereocenters. The first kappa shape index (κ1) is 19.7. The molecule has 1 rings (SSSR count). The molecule has 118 valence electrons. The Balaban J connectivity index is 0.000000885. The van der Waals surface area contributed by atoms with E-state index >= 15 is 0 Å². The number of hydrogen-bond acceptors (Lipinski definition) is 3.